The molecule has 0 bridgehead atoms. The Morgan fingerprint density at radius 2 is 1.88 bits per heavy atom. The number of nitrogens with zero attached hydrogens (tertiary/aromatic N) is 2. The van der Waals surface area contributed by atoms with Crippen LogP contribution in [0.25, 0.3) is 0 Å². The maximum absolute atomic E-state index is 12.9. The molecule has 0 aliphatic heterocycles. The van der Waals surface area contributed by atoms with Crippen LogP contribution < -0.4 is 5.32 Å². The van der Waals surface area contributed by atoms with Crippen molar-refractivity contribution < 1.29 is 9.18 Å². The third kappa shape index (κ3) is 4.60. The average molecular weight is 349 g/mol. The van der Waals surface area contributed by atoms with Gasteiger partial charge in [-0.3, -0.25) is 4.79 Å². The van der Waals surface area contributed by atoms with Crippen molar-refractivity contribution >= 4 is 23.4 Å². The van der Waals surface area contributed by atoms with E-state index in [0.29, 0.717) is 11.6 Å². The van der Waals surface area contributed by atoms with Crippen molar-refractivity contribution in [1.29, 1.82) is 0 Å². The monoisotopic (exact) mass is 349 g/mol. The number of halogens is 1. The first-order valence-electron chi connectivity index (χ1n) is 8.04. The summed E-state index contributed by atoms with van der Waals surface area (Å²) >= 11 is 1.44. The molecule has 4 nitrogen and oxygen atoms in total. The zero-order valence-electron chi connectivity index (χ0n) is 14.8. The predicted octanol–water partition coefficient (Wildman–Crippen LogP) is 4.41. The molecule has 24 heavy (non-hydrogen) atoms. The fraction of sp³-hybridized carbons (Fsp3) is 0.444. The van der Waals surface area contributed by atoms with E-state index in [4.69, 9.17) is 0 Å². The van der Waals surface area contributed by atoms with E-state index in [2.05, 4.69) is 35.6 Å². The summed E-state index contributed by atoms with van der Waals surface area (Å²) in [6.07, 6.45) is 0. The van der Waals surface area contributed by atoms with Crippen molar-refractivity contribution in [1.82, 2.24) is 9.55 Å². The lowest BCUT2D eigenvalue weighted by Gasteiger charge is -2.15. The maximum Gasteiger partial charge on any atom is 0.237 e. The molecule has 0 spiro atoms. The van der Waals surface area contributed by atoms with Gasteiger partial charge >= 0.3 is 0 Å². The average Bonchev–Trinajstić information content (AvgIpc) is 2.76. The minimum absolute atomic E-state index is 0.124. The lowest BCUT2D eigenvalue weighted by atomic mass is 10.2. The number of benzene rings is 1. The number of thioether (sulfide) groups is 1. The van der Waals surface area contributed by atoms with Crippen LogP contribution in [0.15, 0.2) is 29.4 Å². The van der Waals surface area contributed by atoms with Gasteiger partial charge in [0.15, 0.2) is 5.16 Å². The summed E-state index contributed by atoms with van der Waals surface area (Å²) in [7, 11) is 0. The molecule has 0 saturated heterocycles. The van der Waals surface area contributed by atoms with Gasteiger partial charge in [0.2, 0.25) is 5.91 Å². The van der Waals surface area contributed by atoms with E-state index in [1.165, 1.54) is 23.9 Å². The zero-order chi connectivity index (χ0) is 17.9. The van der Waals surface area contributed by atoms with Gasteiger partial charge in [-0.15, -0.1) is 0 Å². The Hall–Kier alpha value is -1.82. The van der Waals surface area contributed by atoms with Crippen molar-refractivity contribution in [2.75, 3.05) is 5.32 Å². The van der Waals surface area contributed by atoms with Gasteiger partial charge < -0.3 is 9.88 Å². The van der Waals surface area contributed by atoms with Gasteiger partial charge in [0.05, 0.1) is 10.9 Å². The third-order valence-electron chi connectivity index (χ3n) is 3.73. The minimum atomic E-state index is -0.322. The van der Waals surface area contributed by atoms with Crippen LogP contribution in [0.5, 0.6) is 0 Å². The molecule has 0 unspecified atom stereocenters. The van der Waals surface area contributed by atoms with Crippen LogP contribution in [-0.4, -0.2) is 20.7 Å². The molecule has 0 aliphatic rings. The lowest BCUT2D eigenvalue weighted by Crippen LogP contribution is -2.23. The van der Waals surface area contributed by atoms with Crippen LogP contribution in [0, 0.1) is 25.6 Å². The molecule has 0 radical (unpaired) electrons. The fourth-order valence-electron chi connectivity index (χ4n) is 2.28. The number of nitrogens with one attached hydrogen (secondary N) is 1. The quantitative estimate of drug-likeness (QED) is 0.786. The summed E-state index contributed by atoms with van der Waals surface area (Å²) in [6.45, 7) is 11.1. The highest BCUT2D eigenvalue weighted by atomic mass is 32.2. The van der Waals surface area contributed by atoms with Crippen LogP contribution in [0.2, 0.25) is 0 Å². The van der Waals surface area contributed by atoms with Gasteiger partial charge in [0.1, 0.15) is 5.82 Å². The summed E-state index contributed by atoms with van der Waals surface area (Å²) in [5, 5.41) is 3.37. The number of carbonyl (C=O) groups excluding carboxylic acids is 1. The molecule has 1 atom stereocenters. The maximum atomic E-state index is 12.9. The van der Waals surface area contributed by atoms with Gasteiger partial charge in [0.25, 0.3) is 0 Å². The second-order valence-electron chi connectivity index (χ2n) is 6.33. The summed E-state index contributed by atoms with van der Waals surface area (Å²) in [4.78, 5) is 17.0. The molecule has 6 heteroatoms. The highest BCUT2D eigenvalue weighted by Crippen LogP contribution is 2.27. The van der Waals surface area contributed by atoms with Crippen LogP contribution >= 0.6 is 11.8 Å². The normalized spacial score (nSPS) is 12.5. The first-order valence-corrected chi connectivity index (χ1v) is 8.92. The molecule has 0 aliphatic carbocycles. The van der Waals surface area contributed by atoms with Crippen LogP contribution in [-0.2, 0) is 11.3 Å². The van der Waals surface area contributed by atoms with Gasteiger partial charge in [-0.25, -0.2) is 9.37 Å². The molecule has 2 aromatic rings. The molecular weight excluding hydrogens is 325 g/mol. The number of amides is 1. The van der Waals surface area contributed by atoms with Crippen molar-refractivity contribution in [2.24, 2.45) is 5.92 Å². The Morgan fingerprint density at radius 3 is 2.46 bits per heavy atom. The number of rotatable bonds is 6. The largest absolute Gasteiger partial charge is 0.325 e. The molecule has 1 aromatic heterocycles. The van der Waals surface area contributed by atoms with E-state index in [-0.39, 0.29) is 17.0 Å². The standard InChI is InChI=1S/C18H24FN3OS/c1-11(2)10-22-13(4)12(3)20-18(22)24-14(5)17(23)21-16-8-6-15(19)7-9-16/h6-9,11,14H,10H2,1-5H3,(H,21,23)/t14-/m1/s1. The van der Waals surface area contributed by atoms with Crippen molar-refractivity contribution in [3.8, 4) is 0 Å². The topological polar surface area (TPSA) is 46.9 Å². The van der Waals surface area contributed by atoms with E-state index in [9.17, 15) is 9.18 Å². The fourth-order valence-corrected chi connectivity index (χ4v) is 3.29. The molecule has 1 aromatic carbocycles. The first kappa shape index (κ1) is 18.5. The number of carbonyl (C=O) groups is 1. The van der Waals surface area contributed by atoms with Crippen LogP contribution in [0.4, 0.5) is 10.1 Å². The number of hydrogen-bond acceptors (Lipinski definition) is 3. The van der Waals surface area contributed by atoms with E-state index >= 15 is 0 Å². The number of anilines is 1. The smallest absolute Gasteiger partial charge is 0.237 e. The summed E-state index contributed by atoms with van der Waals surface area (Å²) in [6, 6.07) is 5.77. The number of hydrogen-bond donors (Lipinski definition) is 1. The Bertz CT molecular complexity index is 710. The van der Waals surface area contributed by atoms with E-state index < -0.39 is 0 Å². The summed E-state index contributed by atoms with van der Waals surface area (Å²) in [5.41, 5.74) is 2.72. The minimum Gasteiger partial charge on any atom is -0.325 e. The highest BCUT2D eigenvalue weighted by Gasteiger charge is 2.20. The molecule has 2 rings (SSSR count). The summed E-state index contributed by atoms with van der Waals surface area (Å²) in [5.74, 6) is 0.0538. The Balaban J connectivity index is 2.08. The molecule has 0 saturated carbocycles. The van der Waals surface area contributed by atoms with Crippen molar-refractivity contribution in [2.45, 2.75) is 51.6 Å². The van der Waals surface area contributed by atoms with Crippen LogP contribution in [0.1, 0.15) is 32.2 Å². The summed E-state index contributed by atoms with van der Waals surface area (Å²) < 4.78 is 15.1. The molecule has 1 amide bonds. The Kier molecular flexibility index (Phi) is 6.04. The molecule has 1 N–H and O–H groups in total. The first-order chi connectivity index (χ1) is 11.3. The number of imidazole rings is 1. The number of aromatic nitrogens is 2. The SMILES string of the molecule is Cc1nc(S[C@H](C)C(=O)Nc2ccc(F)cc2)n(CC(C)C)c1C. The second-order valence-corrected chi connectivity index (χ2v) is 7.63. The van der Waals surface area contributed by atoms with Crippen LogP contribution in [0.3, 0.4) is 0 Å². The second kappa shape index (κ2) is 7.83. The van der Waals surface area contributed by atoms with Crippen molar-refractivity contribution in [3.05, 3.63) is 41.5 Å². The van der Waals surface area contributed by atoms with Gasteiger partial charge in [-0.05, 0) is 51.0 Å². The number of aryl methyl sites for hydroxylation is 1. The van der Waals surface area contributed by atoms with E-state index in [0.717, 1.165) is 23.1 Å². The highest BCUT2D eigenvalue weighted by molar-refractivity contribution is 8.00. The van der Waals surface area contributed by atoms with E-state index in [1.54, 1.807) is 12.1 Å². The Labute approximate surface area is 146 Å². The molecule has 130 valence electrons. The van der Waals surface area contributed by atoms with Gasteiger partial charge in [-0.2, -0.15) is 0 Å². The lowest BCUT2D eigenvalue weighted by molar-refractivity contribution is -0.115. The van der Waals surface area contributed by atoms with Crippen molar-refractivity contribution in [3.63, 3.8) is 0 Å². The Morgan fingerprint density at radius 1 is 1.25 bits per heavy atom. The third-order valence-corrected chi connectivity index (χ3v) is 4.82. The predicted molar refractivity (Wildman–Crippen MR) is 96.9 cm³/mol. The van der Waals surface area contributed by atoms with Gasteiger partial charge in [-0.1, -0.05) is 25.6 Å². The zero-order valence-corrected chi connectivity index (χ0v) is 15.6. The molecular formula is C18H24FN3OS. The molecule has 1 heterocycles. The van der Waals surface area contributed by atoms with E-state index in [1.807, 2.05) is 13.8 Å². The van der Waals surface area contributed by atoms with Gasteiger partial charge in [0, 0.05) is 17.9 Å². The molecule has 0 fully saturated rings.